The number of aromatic nitrogens is 1. The smallest absolute Gasteiger partial charge is 0.311 e. The van der Waals surface area contributed by atoms with Gasteiger partial charge in [0.2, 0.25) is 0 Å². The SMILES string of the molecule is CCOc1ccc(-c2cc3ccc(CC)cn3c2C=O)cc1[N+](=O)[O-]. The Bertz CT molecular complexity index is 959. The predicted octanol–water partition coefficient (Wildman–Crippen LogP) is 4.29. The van der Waals surface area contributed by atoms with E-state index in [1.807, 2.05) is 35.7 Å². The largest absolute Gasteiger partial charge is 0.487 e. The minimum absolute atomic E-state index is 0.110. The second-order valence-corrected chi connectivity index (χ2v) is 5.62. The Labute approximate surface area is 144 Å². The molecule has 6 heteroatoms. The van der Waals surface area contributed by atoms with Crippen LogP contribution in [0.5, 0.6) is 5.75 Å². The van der Waals surface area contributed by atoms with Crippen LogP contribution in [0, 0.1) is 10.1 Å². The van der Waals surface area contributed by atoms with Crippen molar-refractivity contribution >= 4 is 17.5 Å². The number of ether oxygens (including phenoxy) is 1. The number of nitro groups is 1. The molecule has 0 aliphatic heterocycles. The van der Waals surface area contributed by atoms with Gasteiger partial charge in [-0.1, -0.05) is 19.1 Å². The van der Waals surface area contributed by atoms with Crippen LogP contribution in [0.1, 0.15) is 29.9 Å². The lowest BCUT2D eigenvalue weighted by Crippen LogP contribution is -1.98. The monoisotopic (exact) mass is 338 g/mol. The average Bonchev–Trinajstić information content (AvgIpc) is 2.99. The number of pyridine rings is 1. The third kappa shape index (κ3) is 2.98. The van der Waals surface area contributed by atoms with Crippen molar-refractivity contribution in [1.29, 1.82) is 0 Å². The van der Waals surface area contributed by atoms with Crippen LogP contribution in [-0.2, 0) is 6.42 Å². The highest BCUT2D eigenvalue weighted by Crippen LogP contribution is 2.35. The van der Waals surface area contributed by atoms with Gasteiger partial charge in [0.05, 0.1) is 17.2 Å². The predicted molar refractivity (Wildman–Crippen MR) is 95.4 cm³/mol. The average molecular weight is 338 g/mol. The first-order chi connectivity index (χ1) is 12.1. The van der Waals surface area contributed by atoms with Crippen molar-refractivity contribution in [3.8, 4) is 16.9 Å². The van der Waals surface area contributed by atoms with E-state index in [4.69, 9.17) is 4.74 Å². The van der Waals surface area contributed by atoms with Crippen LogP contribution < -0.4 is 4.74 Å². The quantitative estimate of drug-likeness (QED) is 0.382. The molecule has 128 valence electrons. The lowest BCUT2D eigenvalue weighted by atomic mass is 10.1. The fourth-order valence-electron chi connectivity index (χ4n) is 2.90. The van der Waals surface area contributed by atoms with Gasteiger partial charge >= 0.3 is 5.69 Å². The normalized spacial score (nSPS) is 10.8. The molecule has 0 saturated heterocycles. The zero-order valence-electron chi connectivity index (χ0n) is 14.1. The molecule has 6 nitrogen and oxygen atoms in total. The number of hydrogen-bond donors (Lipinski definition) is 0. The second-order valence-electron chi connectivity index (χ2n) is 5.62. The maximum absolute atomic E-state index is 11.7. The molecule has 0 amide bonds. The molecule has 0 spiro atoms. The van der Waals surface area contributed by atoms with Crippen LogP contribution in [0.3, 0.4) is 0 Å². The highest BCUT2D eigenvalue weighted by atomic mass is 16.6. The molecule has 2 heterocycles. The summed E-state index contributed by atoms with van der Waals surface area (Å²) in [7, 11) is 0. The molecular weight excluding hydrogens is 320 g/mol. The topological polar surface area (TPSA) is 73.8 Å². The minimum atomic E-state index is -0.472. The van der Waals surface area contributed by atoms with Crippen molar-refractivity contribution in [1.82, 2.24) is 4.40 Å². The van der Waals surface area contributed by atoms with Gasteiger partial charge in [-0.15, -0.1) is 0 Å². The molecule has 0 bridgehead atoms. The molecule has 0 fully saturated rings. The van der Waals surface area contributed by atoms with Gasteiger partial charge in [-0.2, -0.15) is 0 Å². The van der Waals surface area contributed by atoms with E-state index in [9.17, 15) is 14.9 Å². The summed E-state index contributed by atoms with van der Waals surface area (Å²) in [4.78, 5) is 22.6. The van der Waals surface area contributed by atoms with Crippen LogP contribution in [0.2, 0.25) is 0 Å². The van der Waals surface area contributed by atoms with E-state index in [2.05, 4.69) is 0 Å². The lowest BCUT2D eigenvalue weighted by Gasteiger charge is -2.06. The molecular formula is C19H18N2O4. The minimum Gasteiger partial charge on any atom is -0.487 e. The number of fused-ring (bicyclic) bond motifs is 1. The molecule has 0 aliphatic carbocycles. The molecule has 2 aromatic heterocycles. The van der Waals surface area contributed by atoms with Crippen molar-refractivity contribution in [3.63, 3.8) is 0 Å². The highest BCUT2D eigenvalue weighted by Gasteiger charge is 2.19. The summed E-state index contributed by atoms with van der Waals surface area (Å²) in [5.41, 5.74) is 3.61. The molecule has 0 aliphatic rings. The number of nitro benzene ring substituents is 1. The molecule has 25 heavy (non-hydrogen) atoms. The third-order valence-corrected chi connectivity index (χ3v) is 4.16. The number of carbonyl (C=O) groups is 1. The van der Waals surface area contributed by atoms with Gasteiger partial charge in [-0.3, -0.25) is 14.9 Å². The molecule has 3 rings (SSSR count). The number of benzene rings is 1. The fourth-order valence-corrected chi connectivity index (χ4v) is 2.90. The Morgan fingerprint density at radius 3 is 2.64 bits per heavy atom. The van der Waals surface area contributed by atoms with E-state index >= 15 is 0 Å². The molecule has 0 atom stereocenters. The van der Waals surface area contributed by atoms with Crippen LogP contribution >= 0.6 is 0 Å². The van der Waals surface area contributed by atoms with Gasteiger partial charge < -0.3 is 9.14 Å². The Balaban J connectivity index is 2.20. The number of nitrogens with zero attached hydrogens (tertiary/aromatic N) is 2. The van der Waals surface area contributed by atoms with E-state index in [-0.39, 0.29) is 11.4 Å². The Morgan fingerprint density at radius 1 is 1.20 bits per heavy atom. The summed E-state index contributed by atoms with van der Waals surface area (Å²) in [6.45, 7) is 4.16. The van der Waals surface area contributed by atoms with Crippen molar-refractivity contribution in [2.75, 3.05) is 6.61 Å². The lowest BCUT2D eigenvalue weighted by molar-refractivity contribution is -0.385. The van der Waals surface area contributed by atoms with E-state index in [0.717, 1.165) is 23.8 Å². The third-order valence-electron chi connectivity index (χ3n) is 4.16. The van der Waals surface area contributed by atoms with Crippen LogP contribution in [0.15, 0.2) is 42.6 Å². The van der Waals surface area contributed by atoms with Gasteiger partial charge in [0.15, 0.2) is 12.0 Å². The van der Waals surface area contributed by atoms with Gasteiger partial charge in [0.25, 0.3) is 0 Å². The van der Waals surface area contributed by atoms with Crippen LogP contribution in [0.4, 0.5) is 5.69 Å². The Hall–Kier alpha value is -3.15. The van der Waals surface area contributed by atoms with Crippen molar-refractivity contribution < 1.29 is 14.5 Å². The number of aryl methyl sites for hydroxylation is 1. The number of aldehydes is 1. The molecule has 1 aromatic carbocycles. The Kier molecular flexibility index (Phi) is 4.52. The molecule has 0 N–H and O–H groups in total. The maximum Gasteiger partial charge on any atom is 0.311 e. The van der Waals surface area contributed by atoms with Gasteiger partial charge in [-0.25, -0.2) is 0 Å². The van der Waals surface area contributed by atoms with Gasteiger partial charge in [0, 0.05) is 23.3 Å². The van der Waals surface area contributed by atoms with E-state index < -0.39 is 4.92 Å². The van der Waals surface area contributed by atoms with Crippen molar-refractivity contribution in [2.24, 2.45) is 0 Å². The number of carbonyl (C=O) groups excluding carboxylic acids is 1. The van der Waals surface area contributed by atoms with Crippen LogP contribution in [-0.4, -0.2) is 22.2 Å². The van der Waals surface area contributed by atoms with E-state index in [1.165, 1.54) is 6.07 Å². The summed E-state index contributed by atoms with van der Waals surface area (Å²) in [5, 5.41) is 11.3. The molecule has 0 radical (unpaired) electrons. The zero-order valence-corrected chi connectivity index (χ0v) is 14.1. The summed E-state index contributed by atoms with van der Waals surface area (Å²) in [5.74, 6) is 0.223. The standard InChI is InChI=1S/C19H18N2O4/c1-3-13-5-7-15-10-16(18(12-22)20(15)11-13)14-6-8-19(25-4-2)17(9-14)21(23)24/h5-12H,3-4H2,1-2H3. The van der Waals surface area contributed by atoms with E-state index in [0.29, 0.717) is 23.4 Å². The fraction of sp³-hybridized carbons (Fsp3) is 0.211. The van der Waals surface area contributed by atoms with Gasteiger partial charge in [-0.05, 0) is 42.7 Å². The summed E-state index contributed by atoms with van der Waals surface area (Å²) in [6.07, 6.45) is 3.56. The highest BCUT2D eigenvalue weighted by molar-refractivity contribution is 5.90. The first-order valence-electron chi connectivity index (χ1n) is 8.09. The number of rotatable bonds is 6. The summed E-state index contributed by atoms with van der Waals surface area (Å²) < 4.78 is 7.14. The molecule has 0 saturated carbocycles. The Morgan fingerprint density at radius 2 is 2.00 bits per heavy atom. The molecule has 0 unspecified atom stereocenters. The maximum atomic E-state index is 11.7. The van der Waals surface area contributed by atoms with Crippen molar-refractivity contribution in [2.45, 2.75) is 20.3 Å². The summed E-state index contributed by atoms with van der Waals surface area (Å²) in [6, 6.07) is 10.6. The van der Waals surface area contributed by atoms with E-state index in [1.54, 1.807) is 19.1 Å². The van der Waals surface area contributed by atoms with Crippen LogP contribution in [0.25, 0.3) is 16.6 Å². The van der Waals surface area contributed by atoms with Crippen molar-refractivity contribution in [3.05, 3.63) is 64.0 Å². The second kappa shape index (κ2) is 6.76. The van der Waals surface area contributed by atoms with Gasteiger partial charge in [0.1, 0.15) is 0 Å². The first kappa shape index (κ1) is 16.7. The summed E-state index contributed by atoms with van der Waals surface area (Å²) >= 11 is 0. The number of hydrogen-bond acceptors (Lipinski definition) is 4. The zero-order chi connectivity index (χ0) is 18.0. The molecule has 3 aromatic rings. The first-order valence-corrected chi connectivity index (χ1v) is 8.09.